The van der Waals surface area contributed by atoms with Crippen LogP contribution in [0.3, 0.4) is 0 Å². The molecule has 0 amide bonds. The van der Waals surface area contributed by atoms with Crippen molar-refractivity contribution >= 4 is 5.96 Å². The summed E-state index contributed by atoms with van der Waals surface area (Å²) in [4.78, 5) is 8.32. The fourth-order valence-electron chi connectivity index (χ4n) is 1.57. The fraction of sp³-hybridized carbons (Fsp3) is 0.571. The van der Waals surface area contributed by atoms with Crippen LogP contribution in [-0.4, -0.2) is 44.9 Å². The number of methoxy groups -OCH3 is 1. The van der Waals surface area contributed by atoms with Crippen molar-refractivity contribution in [1.29, 1.82) is 0 Å². The molecular formula is C14H24N4O2. The highest BCUT2D eigenvalue weighted by Crippen LogP contribution is 2.05. The quantitative estimate of drug-likeness (QED) is 0.425. The summed E-state index contributed by atoms with van der Waals surface area (Å²) in [6.45, 7) is 5.03. The molecule has 0 unspecified atom stereocenters. The Hall–Kier alpha value is -1.82. The van der Waals surface area contributed by atoms with Gasteiger partial charge in [-0.2, -0.15) is 0 Å². The zero-order valence-corrected chi connectivity index (χ0v) is 12.5. The first-order chi connectivity index (χ1) is 9.80. The number of ether oxygens (including phenoxy) is 2. The van der Waals surface area contributed by atoms with Crippen LogP contribution in [0.5, 0.6) is 5.88 Å². The molecule has 0 aliphatic carbocycles. The maximum atomic E-state index is 5.28. The van der Waals surface area contributed by atoms with Crippen LogP contribution in [0.4, 0.5) is 0 Å². The number of aromatic nitrogens is 1. The number of aliphatic imine (C=N–C) groups is 1. The molecule has 1 aromatic heterocycles. The number of nitrogens with one attached hydrogen (secondary N) is 2. The lowest BCUT2D eigenvalue weighted by Crippen LogP contribution is -2.37. The fourth-order valence-corrected chi connectivity index (χ4v) is 1.57. The Kier molecular flexibility index (Phi) is 8.14. The first-order valence-corrected chi connectivity index (χ1v) is 6.81. The van der Waals surface area contributed by atoms with E-state index in [1.54, 1.807) is 20.4 Å². The van der Waals surface area contributed by atoms with Gasteiger partial charge >= 0.3 is 0 Å². The molecule has 0 aliphatic rings. The minimum Gasteiger partial charge on any atom is -0.481 e. The lowest BCUT2D eigenvalue weighted by atomic mass is 10.3. The lowest BCUT2D eigenvalue weighted by Gasteiger charge is -2.11. The van der Waals surface area contributed by atoms with E-state index in [0.717, 1.165) is 37.7 Å². The van der Waals surface area contributed by atoms with Crippen molar-refractivity contribution in [3.05, 3.63) is 23.9 Å². The van der Waals surface area contributed by atoms with E-state index in [2.05, 4.69) is 20.6 Å². The first-order valence-electron chi connectivity index (χ1n) is 6.81. The number of hydrogen-bond donors (Lipinski definition) is 2. The maximum absolute atomic E-state index is 5.28. The summed E-state index contributed by atoms with van der Waals surface area (Å²) in [7, 11) is 3.36. The summed E-state index contributed by atoms with van der Waals surface area (Å²) in [5.74, 6) is 1.39. The van der Waals surface area contributed by atoms with Crippen LogP contribution in [0.15, 0.2) is 23.3 Å². The predicted molar refractivity (Wildman–Crippen MR) is 80.1 cm³/mol. The van der Waals surface area contributed by atoms with Crippen molar-refractivity contribution < 1.29 is 9.47 Å². The molecule has 0 aromatic carbocycles. The SMILES string of the molecule is CCOCCCNC(=NC)NCc1ccc(OC)nc1. The Morgan fingerprint density at radius 1 is 1.35 bits per heavy atom. The molecule has 0 radical (unpaired) electrons. The third-order valence-electron chi connectivity index (χ3n) is 2.65. The van der Waals surface area contributed by atoms with Crippen molar-refractivity contribution in [1.82, 2.24) is 15.6 Å². The predicted octanol–water partition coefficient (Wildman–Crippen LogP) is 1.18. The van der Waals surface area contributed by atoms with E-state index in [-0.39, 0.29) is 0 Å². The zero-order valence-electron chi connectivity index (χ0n) is 12.5. The molecule has 0 saturated carbocycles. The molecule has 1 rings (SSSR count). The van der Waals surface area contributed by atoms with Crippen LogP contribution in [0.2, 0.25) is 0 Å². The van der Waals surface area contributed by atoms with Crippen LogP contribution in [0.25, 0.3) is 0 Å². The van der Waals surface area contributed by atoms with Crippen molar-refractivity contribution in [2.24, 2.45) is 4.99 Å². The van der Waals surface area contributed by atoms with Gasteiger partial charge in [-0.3, -0.25) is 4.99 Å². The molecule has 0 saturated heterocycles. The molecule has 20 heavy (non-hydrogen) atoms. The summed E-state index contributed by atoms with van der Waals surface area (Å²) in [6, 6.07) is 3.82. The Balaban J connectivity index is 2.26. The number of rotatable bonds is 8. The summed E-state index contributed by atoms with van der Waals surface area (Å²) in [5.41, 5.74) is 1.07. The van der Waals surface area contributed by atoms with E-state index in [1.807, 2.05) is 19.1 Å². The topological polar surface area (TPSA) is 67.8 Å². The molecule has 2 N–H and O–H groups in total. The Labute approximate surface area is 120 Å². The molecule has 6 heteroatoms. The van der Waals surface area contributed by atoms with Gasteiger partial charge < -0.3 is 20.1 Å². The lowest BCUT2D eigenvalue weighted by molar-refractivity contribution is 0.145. The number of hydrogen-bond acceptors (Lipinski definition) is 4. The summed E-state index contributed by atoms with van der Waals surface area (Å²) >= 11 is 0. The molecule has 1 heterocycles. The number of nitrogens with zero attached hydrogens (tertiary/aromatic N) is 2. The van der Waals surface area contributed by atoms with Gasteiger partial charge in [0.1, 0.15) is 0 Å². The van der Waals surface area contributed by atoms with Gasteiger partial charge in [0.25, 0.3) is 0 Å². The molecule has 1 aromatic rings. The zero-order chi connectivity index (χ0) is 14.6. The van der Waals surface area contributed by atoms with E-state index >= 15 is 0 Å². The van der Waals surface area contributed by atoms with Gasteiger partial charge in [0.15, 0.2) is 5.96 Å². The van der Waals surface area contributed by atoms with E-state index < -0.39 is 0 Å². The Morgan fingerprint density at radius 2 is 2.20 bits per heavy atom. The molecule has 0 fully saturated rings. The summed E-state index contributed by atoms with van der Waals surface area (Å²) < 4.78 is 10.3. The van der Waals surface area contributed by atoms with Gasteiger partial charge in [-0.15, -0.1) is 0 Å². The number of guanidine groups is 1. The third kappa shape index (κ3) is 6.38. The van der Waals surface area contributed by atoms with Crippen molar-refractivity contribution in [3.8, 4) is 5.88 Å². The molecule has 0 bridgehead atoms. The smallest absolute Gasteiger partial charge is 0.212 e. The second-order valence-electron chi connectivity index (χ2n) is 4.11. The Bertz CT molecular complexity index is 393. The molecule has 112 valence electrons. The summed E-state index contributed by atoms with van der Waals surface area (Å²) in [6.07, 6.45) is 2.74. The van der Waals surface area contributed by atoms with Gasteiger partial charge in [-0.25, -0.2) is 4.98 Å². The van der Waals surface area contributed by atoms with Gasteiger partial charge in [0.05, 0.1) is 7.11 Å². The standard InChI is InChI=1S/C14H24N4O2/c1-4-20-9-5-8-16-14(15-2)18-11-12-6-7-13(19-3)17-10-12/h6-7,10H,4-5,8-9,11H2,1-3H3,(H2,15,16,18). The molecule has 6 nitrogen and oxygen atoms in total. The maximum Gasteiger partial charge on any atom is 0.212 e. The van der Waals surface area contributed by atoms with Crippen LogP contribution in [0, 0.1) is 0 Å². The highest BCUT2D eigenvalue weighted by molar-refractivity contribution is 5.79. The van der Waals surface area contributed by atoms with E-state index in [4.69, 9.17) is 9.47 Å². The molecule has 0 atom stereocenters. The van der Waals surface area contributed by atoms with Gasteiger partial charge in [-0.1, -0.05) is 6.07 Å². The van der Waals surface area contributed by atoms with Gasteiger partial charge in [-0.05, 0) is 18.9 Å². The summed E-state index contributed by atoms with van der Waals surface area (Å²) in [5, 5.41) is 6.47. The van der Waals surface area contributed by atoms with Crippen molar-refractivity contribution in [2.45, 2.75) is 19.9 Å². The number of pyridine rings is 1. The average molecular weight is 280 g/mol. The molecule has 0 spiro atoms. The second kappa shape index (κ2) is 10.0. The van der Waals surface area contributed by atoms with Crippen molar-refractivity contribution in [3.63, 3.8) is 0 Å². The van der Waals surface area contributed by atoms with Gasteiger partial charge in [0, 0.05) is 45.6 Å². The van der Waals surface area contributed by atoms with Crippen molar-refractivity contribution in [2.75, 3.05) is 33.9 Å². The van der Waals surface area contributed by atoms with Gasteiger partial charge in [0.2, 0.25) is 5.88 Å². The minimum absolute atomic E-state index is 0.618. The van der Waals surface area contributed by atoms with Crippen LogP contribution in [0.1, 0.15) is 18.9 Å². The average Bonchev–Trinajstić information content (AvgIpc) is 2.50. The largest absolute Gasteiger partial charge is 0.481 e. The third-order valence-corrected chi connectivity index (χ3v) is 2.65. The molecular weight excluding hydrogens is 256 g/mol. The van der Waals surface area contributed by atoms with E-state index in [0.29, 0.717) is 12.4 Å². The monoisotopic (exact) mass is 280 g/mol. The Morgan fingerprint density at radius 3 is 2.80 bits per heavy atom. The second-order valence-corrected chi connectivity index (χ2v) is 4.11. The van der Waals surface area contributed by atoms with Crippen LogP contribution < -0.4 is 15.4 Å². The highest BCUT2D eigenvalue weighted by atomic mass is 16.5. The normalized spacial score (nSPS) is 11.2. The van der Waals surface area contributed by atoms with Crippen LogP contribution >= 0.6 is 0 Å². The minimum atomic E-state index is 0.618. The van der Waals surface area contributed by atoms with E-state index in [1.165, 1.54) is 0 Å². The molecule has 0 aliphatic heterocycles. The highest BCUT2D eigenvalue weighted by Gasteiger charge is 1.99. The first kappa shape index (κ1) is 16.2. The van der Waals surface area contributed by atoms with Crippen LogP contribution in [-0.2, 0) is 11.3 Å². The van der Waals surface area contributed by atoms with E-state index in [9.17, 15) is 0 Å².